The smallest absolute Gasteiger partial charge is 0.321 e. The van der Waals surface area contributed by atoms with Crippen molar-refractivity contribution in [3.05, 3.63) is 71.3 Å². The molecule has 0 saturated heterocycles. The zero-order chi connectivity index (χ0) is 19.4. The highest BCUT2D eigenvalue weighted by atomic mass is 16.4. The number of benzene rings is 2. The number of amides is 2. The Hall–Kier alpha value is -2.99. The van der Waals surface area contributed by atoms with Crippen LogP contribution in [0.3, 0.4) is 0 Å². The standard InChI is InChI=1S/C21H22N2O4/c1-14(22-18(21(26)27)13-15-7-3-2-4-8-15)11-12-23-19(24)16-9-5-6-10-17(16)20(23)25/h2-10,14,18,22H,11-13H2,1H3,(H,26,27)/t14?,18-/m0/s1. The highest BCUT2D eigenvalue weighted by molar-refractivity contribution is 6.21. The molecule has 140 valence electrons. The van der Waals surface area contributed by atoms with Crippen LogP contribution in [-0.2, 0) is 11.2 Å². The molecule has 0 radical (unpaired) electrons. The fourth-order valence-electron chi connectivity index (χ4n) is 3.26. The van der Waals surface area contributed by atoms with E-state index in [9.17, 15) is 19.5 Å². The van der Waals surface area contributed by atoms with E-state index in [1.165, 1.54) is 4.90 Å². The monoisotopic (exact) mass is 366 g/mol. The van der Waals surface area contributed by atoms with Crippen molar-refractivity contribution in [2.24, 2.45) is 0 Å². The van der Waals surface area contributed by atoms with Gasteiger partial charge in [0.25, 0.3) is 11.8 Å². The molecular weight excluding hydrogens is 344 g/mol. The van der Waals surface area contributed by atoms with E-state index in [1.807, 2.05) is 37.3 Å². The van der Waals surface area contributed by atoms with Crippen molar-refractivity contribution in [1.82, 2.24) is 10.2 Å². The van der Waals surface area contributed by atoms with Crippen molar-refractivity contribution in [3.63, 3.8) is 0 Å². The van der Waals surface area contributed by atoms with Crippen LogP contribution in [0.4, 0.5) is 0 Å². The minimum Gasteiger partial charge on any atom is -0.480 e. The van der Waals surface area contributed by atoms with Crippen molar-refractivity contribution in [1.29, 1.82) is 0 Å². The number of rotatable bonds is 8. The molecular formula is C21H22N2O4. The number of fused-ring (bicyclic) bond motifs is 1. The number of carboxylic acid groups (broad SMARTS) is 1. The van der Waals surface area contributed by atoms with Crippen molar-refractivity contribution in [2.45, 2.75) is 31.8 Å². The number of carbonyl (C=O) groups is 3. The number of hydrogen-bond donors (Lipinski definition) is 2. The summed E-state index contributed by atoms with van der Waals surface area (Å²) in [5.41, 5.74) is 1.79. The Labute approximate surface area is 157 Å². The van der Waals surface area contributed by atoms with Crippen LogP contribution in [0.5, 0.6) is 0 Å². The minimum absolute atomic E-state index is 0.167. The van der Waals surface area contributed by atoms with Gasteiger partial charge >= 0.3 is 5.97 Å². The molecule has 1 unspecified atom stereocenters. The predicted molar refractivity (Wildman–Crippen MR) is 101 cm³/mol. The van der Waals surface area contributed by atoms with Gasteiger partial charge in [0.05, 0.1) is 11.1 Å². The van der Waals surface area contributed by atoms with Gasteiger partial charge in [-0.1, -0.05) is 42.5 Å². The number of carbonyl (C=O) groups excluding carboxylic acids is 2. The number of aliphatic carboxylic acids is 1. The molecule has 6 heteroatoms. The molecule has 2 amide bonds. The van der Waals surface area contributed by atoms with Gasteiger partial charge in [-0.15, -0.1) is 0 Å². The molecule has 0 aromatic heterocycles. The first-order chi connectivity index (χ1) is 13.0. The summed E-state index contributed by atoms with van der Waals surface area (Å²) in [6.07, 6.45) is 0.845. The lowest BCUT2D eigenvalue weighted by molar-refractivity contribution is -0.139. The van der Waals surface area contributed by atoms with Crippen molar-refractivity contribution >= 4 is 17.8 Å². The largest absolute Gasteiger partial charge is 0.480 e. The molecule has 0 spiro atoms. The molecule has 2 aromatic rings. The molecule has 27 heavy (non-hydrogen) atoms. The molecule has 0 bridgehead atoms. The van der Waals surface area contributed by atoms with Gasteiger partial charge in [0.2, 0.25) is 0 Å². The minimum atomic E-state index is -0.925. The quantitative estimate of drug-likeness (QED) is 0.701. The van der Waals surface area contributed by atoms with E-state index in [2.05, 4.69) is 5.32 Å². The Bertz CT molecular complexity index is 815. The maximum Gasteiger partial charge on any atom is 0.321 e. The Morgan fingerprint density at radius 1 is 1.00 bits per heavy atom. The summed E-state index contributed by atoms with van der Waals surface area (Å²) < 4.78 is 0. The van der Waals surface area contributed by atoms with Crippen LogP contribution >= 0.6 is 0 Å². The summed E-state index contributed by atoms with van der Waals surface area (Å²) in [6, 6.07) is 15.3. The molecule has 3 rings (SSSR count). The van der Waals surface area contributed by atoms with E-state index in [4.69, 9.17) is 0 Å². The third kappa shape index (κ3) is 4.23. The van der Waals surface area contributed by atoms with Gasteiger partial charge in [-0.25, -0.2) is 0 Å². The molecule has 1 aliphatic rings. The number of nitrogens with zero attached hydrogens (tertiary/aromatic N) is 1. The van der Waals surface area contributed by atoms with Crippen LogP contribution in [0.2, 0.25) is 0 Å². The average molecular weight is 366 g/mol. The first-order valence-corrected chi connectivity index (χ1v) is 8.95. The van der Waals surface area contributed by atoms with Crippen LogP contribution in [0.25, 0.3) is 0 Å². The van der Waals surface area contributed by atoms with Gasteiger partial charge in [-0.3, -0.25) is 19.3 Å². The van der Waals surface area contributed by atoms with Crippen LogP contribution < -0.4 is 5.32 Å². The summed E-state index contributed by atoms with van der Waals surface area (Å²) in [7, 11) is 0. The van der Waals surface area contributed by atoms with Gasteiger partial charge in [-0.2, -0.15) is 0 Å². The van der Waals surface area contributed by atoms with E-state index in [1.54, 1.807) is 24.3 Å². The second-order valence-corrected chi connectivity index (χ2v) is 6.74. The zero-order valence-corrected chi connectivity index (χ0v) is 15.1. The van der Waals surface area contributed by atoms with Gasteiger partial charge in [-0.05, 0) is 37.5 Å². The van der Waals surface area contributed by atoms with Crippen LogP contribution in [0, 0.1) is 0 Å². The second-order valence-electron chi connectivity index (χ2n) is 6.74. The first kappa shape index (κ1) is 18.8. The molecule has 1 heterocycles. The summed E-state index contributed by atoms with van der Waals surface area (Å²) in [5, 5.41) is 12.6. The third-order valence-corrected chi connectivity index (χ3v) is 4.73. The fraction of sp³-hybridized carbons (Fsp3) is 0.286. The molecule has 2 N–H and O–H groups in total. The van der Waals surface area contributed by atoms with E-state index in [0.29, 0.717) is 24.0 Å². The van der Waals surface area contributed by atoms with Crippen molar-refractivity contribution in [3.8, 4) is 0 Å². The number of imide groups is 1. The van der Waals surface area contributed by atoms with Crippen LogP contribution in [-0.4, -0.2) is 46.4 Å². The number of hydrogen-bond acceptors (Lipinski definition) is 4. The van der Waals surface area contributed by atoms with E-state index in [0.717, 1.165) is 5.56 Å². The number of nitrogens with one attached hydrogen (secondary N) is 1. The van der Waals surface area contributed by atoms with Gasteiger partial charge < -0.3 is 10.4 Å². The van der Waals surface area contributed by atoms with Crippen molar-refractivity contribution in [2.75, 3.05) is 6.54 Å². The fourth-order valence-corrected chi connectivity index (χ4v) is 3.26. The summed E-state index contributed by atoms with van der Waals surface area (Å²) >= 11 is 0. The van der Waals surface area contributed by atoms with E-state index >= 15 is 0 Å². The molecule has 0 fully saturated rings. The molecule has 6 nitrogen and oxygen atoms in total. The Morgan fingerprint density at radius 3 is 2.11 bits per heavy atom. The molecule has 2 aromatic carbocycles. The topological polar surface area (TPSA) is 86.7 Å². The SMILES string of the molecule is CC(CCN1C(=O)c2ccccc2C1=O)N[C@@H](Cc1ccccc1)C(=O)O. The van der Waals surface area contributed by atoms with Crippen molar-refractivity contribution < 1.29 is 19.5 Å². The van der Waals surface area contributed by atoms with Gasteiger partial charge in [0.1, 0.15) is 6.04 Å². The molecule has 0 aliphatic carbocycles. The maximum absolute atomic E-state index is 12.4. The van der Waals surface area contributed by atoms with E-state index in [-0.39, 0.29) is 24.4 Å². The second kappa shape index (κ2) is 8.14. The summed E-state index contributed by atoms with van der Waals surface area (Å²) in [6.45, 7) is 2.11. The molecule has 1 aliphatic heterocycles. The summed E-state index contributed by atoms with van der Waals surface area (Å²) in [5.74, 6) is -1.50. The van der Waals surface area contributed by atoms with Crippen LogP contribution in [0.1, 0.15) is 39.6 Å². The lowest BCUT2D eigenvalue weighted by atomic mass is 10.0. The van der Waals surface area contributed by atoms with Gasteiger partial charge in [0, 0.05) is 12.6 Å². The number of carboxylic acids is 1. The Kier molecular flexibility index (Phi) is 5.66. The zero-order valence-electron chi connectivity index (χ0n) is 15.1. The lowest BCUT2D eigenvalue weighted by Crippen LogP contribution is -2.45. The normalized spacial score (nSPS) is 15.5. The van der Waals surface area contributed by atoms with E-state index < -0.39 is 12.0 Å². The predicted octanol–water partition coefficient (Wildman–Crippen LogP) is 2.35. The third-order valence-electron chi connectivity index (χ3n) is 4.73. The maximum atomic E-state index is 12.4. The lowest BCUT2D eigenvalue weighted by Gasteiger charge is -2.22. The summed E-state index contributed by atoms with van der Waals surface area (Å²) in [4.78, 5) is 37.6. The van der Waals surface area contributed by atoms with Crippen LogP contribution in [0.15, 0.2) is 54.6 Å². The Balaban J connectivity index is 1.57. The highest BCUT2D eigenvalue weighted by Crippen LogP contribution is 2.22. The first-order valence-electron chi connectivity index (χ1n) is 8.95. The average Bonchev–Trinajstić information content (AvgIpc) is 2.91. The Morgan fingerprint density at radius 2 is 1.56 bits per heavy atom. The van der Waals surface area contributed by atoms with Gasteiger partial charge in [0.15, 0.2) is 0 Å². The molecule has 0 saturated carbocycles. The molecule has 2 atom stereocenters. The highest BCUT2D eigenvalue weighted by Gasteiger charge is 2.35.